The Labute approximate surface area is 141 Å². The second kappa shape index (κ2) is 8.44. The maximum atomic E-state index is 12.3. The quantitative estimate of drug-likeness (QED) is 0.837. The molecule has 1 amide bonds. The Morgan fingerprint density at radius 1 is 1.13 bits per heavy atom. The van der Waals surface area contributed by atoms with Crippen molar-refractivity contribution in [2.45, 2.75) is 26.0 Å². The molecule has 0 aliphatic heterocycles. The summed E-state index contributed by atoms with van der Waals surface area (Å²) in [5, 5.41) is 3.50. The van der Waals surface area contributed by atoms with E-state index in [0.717, 1.165) is 11.3 Å². The van der Waals surface area contributed by atoms with Crippen molar-refractivity contribution in [3.05, 3.63) is 59.1 Å². The molecule has 0 aromatic heterocycles. The molecule has 5 heteroatoms. The summed E-state index contributed by atoms with van der Waals surface area (Å²) in [6, 6.07) is 14.6. The van der Waals surface area contributed by atoms with Gasteiger partial charge in [-0.25, -0.2) is 0 Å². The average Bonchev–Trinajstić information content (AvgIpc) is 2.59. The van der Waals surface area contributed by atoms with Crippen LogP contribution in [0.25, 0.3) is 0 Å². The smallest absolute Gasteiger partial charge is 0.261 e. The zero-order valence-electron chi connectivity index (χ0n) is 13.2. The van der Waals surface area contributed by atoms with Crippen LogP contribution in [0, 0.1) is 0 Å². The van der Waals surface area contributed by atoms with Crippen LogP contribution < -0.4 is 14.8 Å². The summed E-state index contributed by atoms with van der Waals surface area (Å²) in [4.78, 5) is 12.3. The predicted octanol–water partition coefficient (Wildman–Crippen LogP) is 3.82. The number of halogens is 1. The Morgan fingerprint density at radius 2 is 1.78 bits per heavy atom. The molecule has 0 heterocycles. The van der Waals surface area contributed by atoms with E-state index in [1.807, 2.05) is 25.1 Å². The molecule has 0 bridgehead atoms. The van der Waals surface area contributed by atoms with Gasteiger partial charge in [0.1, 0.15) is 11.5 Å². The van der Waals surface area contributed by atoms with Crippen LogP contribution in [0.5, 0.6) is 11.5 Å². The normalized spacial score (nSPS) is 11.6. The molecule has 4 nitrogen and oxygen atoms in total. The molecule has 0 fully saturated rings. The number of carbonyl (C=O) groups is 1. The topological polar surface area (TPSA) is 47.6 Å². The van der Waals surface area contributed by atoms with Gasteiger partial charge in [0.15, 0.2) is 6.10 Å². The van der Waals surface area contributed by atoms with E-state index in [2.05, 4.69) is 5.32 Å². The largest absolute Gasteiger partial charge is 0.497 e. The van der Waals surface area contributed by atoms with Crippen LogP contribution >= 0.6 is 11.6 Å². The first-order chi connectivity index (χ1) is 11.1. The third-order valence-electron chi connectivity index (χ3n) is 3.41. The molecule has 0 radical (unpaired) electrons. The van der Waals surface area contributed by atoms with Gasteiger partial charge in [-0.3, -0.25) is 4.79 Å². The van der Waals surface area contributed by atoms with E-state index in [1.165, 1.54) is 0 Å². The molecule has 0 spiro atoms. The lowest BCUT2D eigenvalue weighted by molar-refractivity contribution is -0.128. The van der Waals surface area contributed by atoms with Gasteiger partial charge in [0.05, 0.1) is 7.11 Å². The highest BCUT2D eigenvalue weighted by molar-refractivity contribution is 6.31. The third-order valence-corrected chi connectivity index (χ3v) is 3.78. The molecule has 122 valence electrons. The van der Waals surface area contributed by atoms with Crippen LogP contribution in [0.15, 0.2) is 48.5 Å². The fourth-order valence-corrected chi connectivity index (χ4v) is 2.28. The first-order valence-electron chi connectivity index (χ1n) is 7.46. The number of hydrogen-bond acceptors (Lipinski definition) is 3. The van der Waals surface area contributed by atoms with Crippen molar-refractivity contribution in [3.8, 4) is 11.5 Å². The number of amides is 1. The minimum Gasteiger partial charge on any atom is -0.497 e. The number of ether oxygens (including phenoxy) is 2. The van der Waals surface area contributed by atoms with Gasteiger partial charge >= 0.3 is 0 Å². The molecule has 0 saturated carbocycles. The van der Waals surface area contributed by atoms with Crippen LogP contribution in [0.3, 0.4) is 0 Å². The number of benzene rings is 2. The molecule has 1 atom stereocenters. The van der Waals surface area contributed by atoms with Gasteiger partial charge in [-0.2, -0.15) is 0 Å². The summed E-state index contributed by atoms with van der Waals surface area (Å²) in [7, 11) is 1.60. The maximum Gasteiger partial charge on any atom is 0.261 e. The molecule has 2 aromatic rings. The van der Waals surface area contributed by atoms with E-state index in [-0.39, 0.29) is 5.91 Å². The van der Waals surface area contributed by atoms with Crippen molar-refractivity contribution in [1.82, 2.24) is 5.32 Å². The summed E-state index contributed by atoms with van der Waals surface area (Å²) in [5.41, 5.74) is 0.877. The minimum absolute atomic E-state index is 0.164. The summed E-state index contributed by atoms with van der Waals surface area (Å²) in [5.74, 6) is 1.21. The lowest BCUT2D eigenvalue weighted by Gasteiger charge is -2.17. The average molecular weight is 334 g/mol. The molecule has 0 aliphatic rings. The lowest BCUT2D eigenvalue weighted by Crippen LogP contribution is -2.37. The Hall–Kier alpha value is -2.20. The Kier molecular flexibility index (Phi) is 6.29. The molecule has 0 aliphatic carbocycles. The zero-order chi connectivity index (χ0) is 16.7. The first kappa shape index (κ1) is 17.2. The number of methoxy groups -OCH3 is 1. The van der Waals surface area contributed by atoms with E-state index in [4.69, 9.17) is 21.1 Å². The van der Waals surface area contributed by atoms with Crippen LogP contribution in [-0.2, 0) is 11.3 Å². The van der Waals surface area contributed by atoms with Crippen LogP contribution in [0.2, 0.25) is 5.02 Å². The number of rotatable bonds is 7. The summed E-state index contributed by atoms with van der Waals surface area (Å²) in [6.45, 7) is 2.28. The van der Waals surface area contributed by atoms with Crippen molar-refractivity contribution in [1.29, 1.82) is 0 Å². The van der Waals surface area contributed by atoms with E-state index in [0.29, 0.717) is 23.7 Å². The van der Waals surface area contributed by atoms with Crippen molar-refractivity contribution < 1.29 is 14.3 Å². The van der Waals surface area contributed by atoms with E-state index in [1.54, 1.807) is 37.4 Å². The summed E-state index contributed by atoms with van der Waals surface area (Å²) >= 11 is 6.09. The highest BCUT2D eigenvalue weighted by Gasteiger charge is 2.18. The Bertz CT molecular complexity index is 643. The van der Waals surface area contributed by atoms with E-state index >= 15 is 0 Å². The molecule has 1 N–H and O–H groups in total. The van der Waals surface area contributed by atoms with Crippen molar-refractivity contribution in [2.24, 2.45) is 0 Å². The second-order valence-corrected chi connectivity index (χ2v) is 5.41. The van der Waals surface area contributed by atoms with Gasteiger partial charge in [0.25, 0.3) is 5.91 Å². The van der Waals surface area contributed by atoms with Gasteiger partial charge in [0, 0.05) is 11.6 Å². The standard InChI is InChI=1S/C18H20ClNO3/c1-3-17(23-15-10-8-14(22-2)9-11-15)18(21)20-12-13-6-4-5-7-16(13)19/h4-11,17H,3,12H2,1-2H3,(H,20,21)/t17-/m1/s1. The van der Waals surface area contributed by atoms with Gasteiger partial charge in [-0.05, 0) is 42.3 Å². The second-order valence-electron chi connectivity index (χ2n) is 5.00. The maximum absolute atomic E-state index is 12.3. The van der Waals surface area contributed by atoms with Gasteiger partial charge in [0.2, 0.25) is 0 Å². The predicted molar refractivity (Wildman–Crippen MR) is 91.0 cm³/mol. The molecule has 0 unspecified atom stereocenters. The third kappa shape index (κ3) is 4.89. The Morgan fingerprint density at radius 3 is 2.39 bits per heavy atom. The SMILES string of the molecule is CC[C@@H](Oc1ccc(OC)cc1)C(=O)NCc1ccccc1Cl. The highest BCUT2D eigenvalue weighted by Crippen LogP contribution is 2.19. The van der Waals surface area contributed by atoms with Crippen molar-refractivity contribution >= 4 is 17.5 Å². The van der Waals surface area contributed by atoms with E-state index in [9.17, 15) is 4.79 Å². The number of hydrogen-bond donors (Lipinski definition) is 1. The molecule has 0 saturated heterocycles. The molecule has 2 rings (SSSR count). The zero-order valence-corrected chi connectivity index (χ0v) is 14.0. The van der Waals surface area contributed by atoms with Gasteiger partial charge < -0.3 is 14.8 Å². The lowest BCUT2D eigenvalue weighted by atomic mass is 10.2. The summed E-state index contributed by atoms with van der Waals surface area (Å²) < 4.78 is 10.8. The molecular weight excluding hydrogens is 314 g/mol. The van der Waals surface area contributed by atoms with Gasteiger partial charge in [-0.15, -0.1) is 0 Å². The fourth-order valence-electron chi connectivity index (χ4n) is 2.08. The number of carbonyl (C=O) groups excluding carboxylic acids is 1. The first-order valence-corrected chi connectivity index (χ1v) is 7.83. The fraction of sp³-hybridized carbons (Fsp3) is 0.278. The highest BCUT2D eigenvalue weighted by atomic mass is 35.5. The van der Waals surface area contributed by atoms with Crippen LogP contribution in [0.1, 0.15) is 18.9 Å². The Balaban J connectivity index is 1.94. The van der Waals surface area contributed by atoms with Crippen LogP contribution in [0.4, 0.5) is 0 Å². The molecular formula is C18H20ClNO3. The van der Waals surface area contributed by atoms with E-state index < -0.39 is 6.10 Å². The van der Waals surface area contributed by atoms with Crippen LogP contribution in [-0.4, -0.2) is 19.1 Å². The van der Waals surface area contributed by atoms with Gasteiger partial charge in [-0.1, -0.05) is 36.7 Å². The number of nitrogens with one attached hydrogen (secondary N) is 1. The molecule has 23 heavy (non-hydrogen) atoms. The summed E-state index contributed by atoms with van der Waals surface area (Å²) in [6.07, 6.45) is 0.0197. The monoisotopic (exact) mass is 333 g/mol. The van der Waals surface area contributed by atoms with Crippen molar-refractivity contribution in [3.63, 3.8) is 0 Å². The molecule has 2 aromatic carbocycles. The minimum atomic E-state index is -0.550. The van der Waals surface area contributed by atoms with Crippen molar-refractivity contribution in [2.75, 3.05) is 7.11 Å².